The summed E-state index contributed by atoms with van der Waals surface area (Å²) in [6.07, 6.45) is 0.821. The second-order valence-electron chi connectivity index (χ2n) is 10.5. The second kappa shape index (κ2) is 15.7. The van der Waals surface area contributed by atoms with Crippen molar-refractivity contribution in [2.24, 2.45) is 0 Å². The van der Waals surface area contributed by atoms with Gasteiger partial charge in [-0.05, 0) is 66.7 Å². The Kier molecular flexibility index (Phi) is 10.1. The average Bonchev–Trinajstić information content (AvgIpc) is 3.15. The first-order valence-corrected chi connectivity index (χ1v) is 15.3. The van der Waals surface area contributed by atoms with Crippen molar-refractivity contribution in [1.29, 1.82) is 0 Å². The largest absolute Gasteiger partial charge is 0.298 e. The smallest absolute Gasteiger partial charge is 0.151 e. The summed E-state index contributed by atoms with van der Waals surface area (Å²) < 4.78 is 0. The van der Waals surface area contributed by atoms with E-state index in [9.17, 15) is 4.79 Å². The summed E-state index contributed by atoms with van der Waals surface area (Å²) in [7, 11) is 0. The molecule has 48 heavy (non-hydrogen) atoms. The Hall–Kier alpha value is -7.21. The van der Waals surface area contributed by atoms with E-state index in [-0.39, 0.29) is 0 Å². The van der Waals surface area contributed by atoms with Crippen LogP contribution in [0.2, 0.25) is 0 Å². The van der Waals surface area contributed by atoms with Gasteiger partial charge >= 0.3 is 0 Å². The van der Waals surface area contributed by atoms with Gasteiger partial charge in [0.1, 0.15) is 0 Å². The summed E-state index contributed by atoms with van der Waals surface area (Å²) in [4.78, 5) is 11.4. The first kappa shape index (κ1) is 30.8. The van der Waals surface area contributed by atoms with Gasteiger partial charge in [-0.3, -0.25) is 4.79 Å². The molecule has 0 N–H and O–H groups in total. The Labute approximate surface area is 282 Å². The third kappa shape index (κ3) is 8.08. The summed E-state index contributed by atoms with van der Waals surface area (Å²) >= 11 is 0. The molecule has 0 unspecified atom stereocenters. The van der Waals surface area contributed by atoms with Crippen LogP contribution in [0.25, 0.3) is 0 Å². The topological polar surface area (TPSA) is 17.1 Å². The first-order chi connectivity index (χ1) is 23.8. The summed E-state index contributed by atoms with van der Waals surface area (Å²) in [5, 5.41) is 0. The number of hydrogen-bond donors (Lipinski definition) is 0. The zero-order valence-electron chi connectivity index (χ0n) is 25.9. The Morgan fingerprint density at radius 1 is 0.271 bits per heavy atom. The zero-order chi connectivity index (χ0) is 32.8. The van der Waals surface area contributed by atoms with E-state index in [1.807, 2.05) is 146 Å². The molecular formula is C47H26O. The van der Waals surface area contributed by atoms with Crippen LogP contribution < -0.4 is 0 Å². The molecule has 6 aromatic rings. The molecule has 0 aliphatic heterocycles. The van der Waals surface area contributed by atoms with Gasteiger partial charge in [0.2, 0.25) is 0 Å². The van der Waals surface area contributed by atoms with E-state index >= 15 is 0 Å². The molecule has 0 radical (unpaired) electrons. The fraction of sp³-hybridized carbons (Fsp3) is 0. The monoisotopic (exact) mass is 606 g/mol. The molecule has 220 valence electrons. The Morgan fingerprint density at radius 2 is 0.521 bits per heavy atom. The normalized spacial score (nSPS) is 9.33. The molecule has 0 fully saturated rings. The van der Waals surface area contributed by atoms with E-state index < -0.39 is 0 Å². The highest BCUT2D eigenvalue weighted by atomic mass is 16.1. The number of hydrogen-bond acceptors (Lipinski definition) is 1. The highest BCUT2D eigenvalue weighted by molar-refractivity contribution is 5.79. The molecule has 1 heteroatoms. The highest BCUT2D eigenvalue weighted by Crippen LogP contribution is 2.13. The lowest BCUT2D eigenvalue weighted by Gasteiger charge is -1.99. The maximum absolute atomic E-state index is 11.4. The van der Waals surface area contributed by atoms with Gasteiger partial charge in [-0.1, -0.05) is 144 Å². The fourth-order valence-corrected chi connectivity index (χ4v) is 4.72. The van der Waals surface area contributed by atoms with Gasteiger partial charge in [-0.2, -0.15) is 0 Å². The third-order valence-electron chi connectivity index (χ3n) is 7.24. The molecular weight excluding hydrogens is 581 g/mol. The van der Waals surface area contributed by atoms with Gasteiger partial charge in [0.25, 0.3) is 0 Å². The van der Waals surface area contributed by atoms with Gasteiger partial charge in [0.05, 0.1) is 0 Å². The van der Waals surface area contributed by atoms with Gasteiger partial charge in [-0.15, -0.1) is 0 Å². The molecule has 0 amide bonds. The molecule has 6 rings (SSSR count). The predicted molar refractivity (Wildman–Crippen MR) is 194 cm³/mol. The first-order valence-electron chi connectivity index (χ1n) is 15.3. The van der Waals surface area contributed by atoms with Gasteiger partial charge < -0.3 is 0 Å². The molecule has 0 saturated carbocycles. The SMILES string of the molecule is O=Cc1ccccc1C#Cc1ccccc1C#Cc1ccccc1C#Cc1ccccc1C#Cc1ccccc1C#Cc1ccccc1. The van der Waals surface area contributed by atoms with Crippen LogP contribution in [-0.2, 0) is 0 Å². The number of benzene rings is 6. The van der Waals surface area contributed by atoms with Crippen LogP contribution >= 0.6 is 0 Å². The zero-order valence-corrected chi connectivity index (χ0v) is 25.9. The fourth-order valence-electron chi connectivity index (χ4n) is 4.72. The number of carbonyl (C=O) groups excluding carboxylic acids is 1. The molecule has 0 aliphatic carbocycles. The van der Waals surface area contributed by atoms with Gasteiger partial charge in [0, 0.05) is 61.2 Å². The number of aldehydes is 1. The minimum atomic E-state index is 0.562. The molecule has 0 heterocycles. The van der Waals surface area contributed by atoms with E-state index in [4.69, 9.17) is 0 Å². The Bertz CT molecular complexity index is 2440. The van der Waals surface area contributed by atoms with Crippen LogP contribution in [0.15, 0.2) is 152 Å². The van der Waals surface area contributed by atoms with Crippen molar-refractivity contribution in [3.8, 4) is 59.2 Å². The minimum Gasteiger partial charge on any atom is -0.298 e. The maximum Gasteiger partial charge on any atom is 0.151 e. The van der Waals surface area contributed by atoms with Crippen molar-refractivity contribution in [1.82, 2.24) is 0 Å². The van der Waals surface area contributed by atoms with E-state index in [1.165, 1.54) is 0 Å². The number of rotatable bonds is 1. The molecule has 0 spiro atoms. The predicted octanol–water partition coefficient (Wildman–Crippen LogP) is 8.50. The van der Waals surface area contributed by atoms with E-state index in [2.05, 4.69) is 59.2 Å². The van der Waals surface area contributed by atoms with Crippen molar-refractivity contribution in [2.75, 3.05) is 0 Å². The minimum absolute atomic E-state index is 0.562. The second-order valence-corrected chi connectivity index (χ2v) is 10.5. The molecule has 0 saturated heterocycles. The molecule has 0 atom stereocenters. The summed E-state index contributed by atoms with van der Waals surface area (Å²) in [5.74, 6) is 32.7. The van der Waals surface area contributed by atoms with E-state index in [0.717, 1.165) is 56.4 Å². The Balaban J connectivity index is 1.27. The van der Waals surface area contributed by atoms with Crippen LogP contribution in [0.5, 0.6) is 0 Å². The molecule has 0 bridgehead atoms. The summed E-state index contributed by atoms with van der Waals surface area (Å²) in [6, 6.07) is 48.6. The van der Waals surface area contributed by atoms with Crippen molar-refractivity contribution < 1.29 is 4.79 Å². The van der Waals surface area contributed by atoms with Crippen LogP contribution in [0.1, 0.15) is 66.0 Å². The van der Waals surface area contributed by atoms with Crippen LogP contribution in [0.3, 0.4) is 0 Å². The highest BCUT2D eigenvalue weighted by Gasteiger charge is 2.01. The van der Waals surface area contributed by atoms with Crippen LogP contribution in [0, 0.1) is 59.2 Å². The quantitative estimate of drug-likeness (QED) is 0.136. The molecule has 1 nitrogen and oxygen atoms in total. The lowest BCUT2D eigenvalue weighted by atomic mass is 10.0. The van der Waals surface area contributed by atoms with Crippen LogP contribution in [0.4, 0.5) is 0 Å². The van der Waals surface area contributed by atoms with Crippen LogP contribution in [-0.4, -0.2) is 6.29 Å². The van der Waals surface area contributed by atoms with Gasteiger partial charge in [0.15, 0.2) is 6.29 Å². The van der Waals surface area contributed by atoms with Crippen molar-refractivity contribution in [3.63, 3.8) is 0 Å². The lowest BCUT2D eigenvalue weighted by Crippen LogP contribution is -1.88. The maximum atomic E-state index is 11.4. The molecule has 0 aromatic heterocycles. The summed E-state index contributed by atoms with van der Waals surface area (Å²) in [6.45, 7) is 0. The Morgan fingerprint density at radius 3 is 0.854 bits per heavy atom. The number of carbonyl (C=O) groups is 1. The van der Waals surface area contributed by atoms with E-state index in [0.29, 0.717) is 11.1 Å². The van der Waals surface area contributed by atoms with Crippen molar-refractivity contribution in [2.45, 2.75) is 0 Å². The van der Waals surface area contributed by atoms with Crippen molar-refractivity contribution >= 4 is 6.29 Å². The molecule has 6 aromatic carbocycles. The van der Waals surface area contributed by atoms with Crippen molar-refractivity contribution in [3.05, 3.63) is 213 Å². The van der Waals surface area contributed by atoms with E-state index in [1.54, 1.807) is 6.07 Å². The lowest BCUT2D eigenvalue weighted by molar-refractivity contribution is 0.112. The standard InChI is InChI=1S/C47H26O/c48-36-47-25-13-12-24-46(47)35-34-45-23-11-10-22-44(45)33-32-43-21-9-8-20-42(43)31-30-41-19-7-6-18-40(41)29-28-39-17-5-4-16-38(39)27-26-37-14-2-1-3-15-37/h1-25,36H. The third-order valence-corrected chi connectivity index (χ3v) is 7.24. The van der Waals surface area contributed by atoms with Gasteiger partial charge in [-0.25, -0.2) is 0 Å². The molecule has 0 aliphatic rings. The average molecular weight is 607 g/mol. The summed E-state index contributed by atoms with van der Waals surface area (Å²) in [5.41, 5.74) is 8.83.